The highest BCUT2D eigenvalue weighted by Gasteiger charge is 2.11. The third-order valence-corrected chi connectivity index (χ3v) is 1.69. The monoisotopic (exact) mass is 132 g/mol. The van der Waals surface area contributed by atoms with Crippen molar-refractivity contribution in [1.82, 2.24) is 0 Å². The number of halogens is 1. The molecule has 8 heavy (non-hydrogen) atoms. The molecule has 1 unspecified atom stereocenters. The van der Waals surface area contributed by atoms with Gasteiger partial charge in [0, 0.05) is 5.88 Å². The van der Waals surface area contributed by atoms with Crippen molar-refractivity contribution < 1.29 is 5.11 Å². The Balaban J connectivity index is 2.37. The molecule has 0 spiro atoms. The van der Waals surface area contributed by atoms with Gasteiger partial charge in [0.1, 0.15) is 0 Å². The molecule has 1 atom stereocenters. The summed E-state index contributed by atoms with van der Waals surface area (Å²) in [5, 5.41) is 8.92. The van der Waals surface area contributed by atoms with Gasteiger partial charge in [0.15, 0.2) is 0 Å². The van der Waals surface area contributed by atoms with E-state index in [-0.39, 0.29) is 6.10 Å². The van der Waals surface area contributed by atoms with Crippen molar-refractivity contribution in [1.29, 1.82) is 0 Å². The molecule has 1 N–H and O–H groups in total. The van der Waals surface area contributed by atoms with E-state index >= 15 is 0 Å². The molecule has 0 aromatic carbocycles. The van der Waals surface area contributed by atoms with Crippen LogP contribution in [0.15, 0.2) is 11.6 Å². The van der Waals surface area contributed by atoms with Gasteiger partial charge in [0.05, 0.1) is 6.10 Å². The molecular weight excluding hydrogens is 124 g/mol. The highest BCUT2D eigenvalue weighted by atomic mass is 35.5. The second-order valence-corrected chi connectivity index (χ2v) is 2.36. The predicted octanol–water partition coefficient (Wildman–Crippen LogP) is 1.31. The highest BCUT2D eigenvalue weighted by Crippen LogP contribution is 2.18. The van der Waals surface area contributed by atoms with Gasteiger partial charge in [0.2, 0.25) is 0 Å². The summed E-state index contributed by atoms with van der Waals surface area (Å²) < 4.78 is 0. The van der Waals surface area contributed by atoms with Crippen molar-refractivity contribution in [2.24, 2.45) is 0 Å². The maximum atomic E-state index is 8.92. The van der Waals surface area contributed by atoms with Crippen LogP contribution in [-0.4, -0.2) is 17.1 Å². The lowest BCUT2D eigenvalue weighted by atomic mass is 10.2. The standard InChI is InChI=1S/C6H9ClO/c7-4-5-1-2-6(8)3-5/h1,6,8H,2-4H2. The van der Waals surface area contributed by atoms with Crippen molar-refractivity contribution >= 4 is 11.6 Å². The summed E-state index contributed by atoms with van der Waals surface area (Å²) in [7, 11) is 0. The zero-order valence-electron chi connectivity index (χ0n) is 4.60. The molecule has 0 saturated carbocycles. The van der Waals surface area contributed by atoms with Gasteiger partial charge in [-0.1, -0.05) is 11.6 Å². The Kier molecular flexibility index (Phi) is 1.92. The molecule has 0 aromatic heterocycles. The minimum Gasteiger partial charge on any atom is -0.392 e. The Morgan fingerprint density at radius 3 is 2.88 bits per heavy atom. The molecule has 0 amide bonds. The summed E-state index contributed by atoms with van der Waals surface area (Å²) in [6.45, 7) is 0. The number of alkyl halides is 1. The number of hydrogen-bond donors (Lipinski definition) is 1. The summed E-state index contributed by atoms with van der Waals surface area (Å²) in [5.74, 6) is 0.580. The van der Waals surface area contributed by atoms with Crippen molar-refractivity contribution in [3.8, 4) is 0 Å². The van der Waals surface area contributed by atoms with E-state index in [0.717, 1.165) is 12.8 Å². The fraction of sp³-hybridized carbons (Fsp3) is 0.667. The third-order valence-electron chi connectivity index (χ3n) is 1.35. The Bertz CT molecular complexity index is 109. The Labute approximate surface area is 54.0 Å². The molecular formula is C6H9ClO. The first-order valence-corrected chi connectivity index (χ1v) is 3.28. The molecule has 1 rings (SSSR count). The average molecular weight is 133 g/mol. The van der Waals surface area contributed by atoms with Crippen molar-refractivity contribution in [2.45, 2.75) is 18.9 Å². The van der Waals surface area contributed by atoms with E-state index in [4.69, 9.17) is 16.7 Å². The van der Waals surface area contributed by atoms with Gasteiger partial charge >= 0.3 is 0 Å². The fourth-order valence-corrected chi connectivity index (χ4v) is 1.10. The molecule has 0 heterocycles. The second kappa shape index (κ2) is 2.51. The van der Waals surface area contributed by atoms with Crippen LogP contribution in [0.3, 0.4) is 0 Å². The van der Waals surface area contributed by atoms with Crippen LogP contribution in [0.25, 0.3) is 0 Å². The lowest BCUT2D eigenvalue weighted by Crippen LogP contribution is -1.98. The predicted molar refractivity (Wildman–Crippen MR) is 34.0 cm³/mol. The highest BCUT2D eigenvalue weighted by molar-refractivity contribution is 6.19. The van der Waals surface area contributed by atoms with Crippen molar-refractivity contribution in [3.63, 3.8) is 0 Å². The molecule has 1 aliphatic rings. The molecule has 0 fully saturated rings. The number of hydrogen-bond acceptors (Lipinski definition) is 1. The number of aliphatic hydroxyl groups is 1. The molecule has 1 aliphatic carbocycles. The lowest BCUT2D eigenvalue weighted by molar-refractivity contribution is 0.188. The first-order valence-electron chi connectivity index (χ1n) is 2.75. The van der Waals surface area contributed by atoms with E-state index in [2.05, 4.69) is 0 Å². The van der Waals surface area contributed by atoms with Crippen LogP contribution in [0.5, 0.6) is 0 Å². The van der Waals surface area contributed by atoms with Gasteiger partial charge in [-0.3, -0.25) is 0 Å². The SMILES string of the molecule is OC1CC=C(CCl)C1. The molecule has 0 aromatic rings. The Morgan fingerprint density at radius 1 is 1.88 bits per heavy atom. The van der Waals surface area contributed by atoms with Gasteiger partial charge in [-0.25, -0.2) is 0 Å². The van der Waals surface area contributed by atoms with Crippen LogP contribution < -0.4 is 0 Å². The van der Waals surface area contributed by atoms with Gasteiger partial charge in [-0.2, -0.15) is 0 Å². The first-order chi connectivity index (χ1) is 3.83. The van der Waals surface area contributed by atoms with E-state index < -0.39 is 0 Å². The molecule has 0 radical (unpaired) electrons. The molecule has 0 bridgehead atoms. The quantitative estimate of drug-likeness (QED) is 0.421. The minimum absolute atomic E-state index is 0.149. The molecule has 0 saturated heterocycles. The number of aliphatic hydroxyl groups excluding tert-OH is 1. The molecule has 46 valence electrons. The minimum atomic E-state index is -0.149. The maximum Gasteiger partial charge on any atom is 0.0612 e. The second-order valence-electron chi connectivity index (χ2n) is 2.09. The van der Waals surface area contributed by atoms with Gasteiger partial charge in [0.25, 0.3) is 0 Å². The topological polar surface area (TPSA) is 20.2 Å². The van der Waals surface area contributed by atoms with E-state index in [1.165, 1.54) is 5.57 Å². The fourth-order valence-electron chi connectivity index (χ4n) is 0.881. The number of rotatable bonds is 1. The smallest absolute Gasteiger partial charge is 0.0612 e. The van der Waals surface area contributed by atoms with Crippen LogP contribution in [0.1, 0.15) is 12.8 Å². The van der Waals surface area contributed by atoms with Crippen LogP contribution in [-0.2, 0) is 0 Å². The largest absolute Gasteiger partial charge is 0.392 e. The first kappa shape index (κ1) is 6.12. The van der Waals surface area contributed by atoms with E-state index in [0.29, 0.717) is 5.88 Å². The van der Waals surface area contributed by atoms with Gasteiger partial charge in [-0.05, 0) is 12.8 Å². The summed E-state index contributed by atoms with van der Waals surface area (Å²) in [6.07, 6.45) is 3.44. The van der Waals surface area contributed by atoms with Crippen molar-refractivity contribution in [3.05, 3.63) is 11.6 Å². The summed E-state index contributed by atoms with van der Waals surface area (Å²) in [5.41, 5.74) is 1.18. The van der Waals surface area contributed by atoms with Crippen LogP contribution in [0.4, 0.5) is 0 Å². The van der Waals surface area contributed by atoms with Crippen LogP contribution in [0, 0.1) is 0 Å². The van der Waals surface area contributed by atoms with E-state index in [1.807, 2.05) is 6.08 Å². The van der Waals surface area contributed by atoms with E-state index in [1.54, 1.807) is 0 Å². The van der Waals surface area contributed by atoms with Gasteiger partial charge in [-0.15, -0.1) is 11.6 Å². The zero-order chi connectivity index (χ0) is 5.98. The molecule has 2 heteroatoms. The van der Waals surface area contributed by atoms with Crippen LogP contribution >= 0.6 is 11.6 Å². The normalized spacial score (nSPS) is 28.2. The zero-order valence-corrected chi connectivity index (χ0v) is 5.36. The Hall–Kier alpha value is -0.0100. The van der Waals surface area contributed by atoms with Crippen LogP contribution in [0.2, 0.25) is 0 Å². The molecule has 0 aliphatic heterocycles. The lowest BCUT2D eigenvalue weighted by Gasteiger charge is -1.96. The average Bonchev–Trinajstić information content (AvgIpc) is 2.14. The van der Waals surface area contributed by atoms with Gasteiger partial charge < -0.3 is 5.11 Å². The Morgan fingerprint density at radius 2 is 2.62 bits per heavy atom. The summed E-state index contributed by atoms with van der Waals surface area (Å²) >= 11 is 5.49. The maximum absolute atomic E-state index is 8.92. The molecule has 1 nitrogen and oxygen atoms in total. The summed E-state index contributed by atoms with van der Waals surface area (Å²) in [6, 6.07) is 0. The van der Waals surface area contributed by atoms with E-state index in [9.17, 15) is 0 Å². The van der Waals surface area contributed by atoms with Crippen molar-refractivity contribution in [2.75, 3.05) is 5.88 Å². The summed E-state index contributed by atoms with van der Waals surface area (Å²) in [4.78, 5) is 0. The third kappa shape index (κ3) is 1.23.